The summed E-state index contributed by atoms with van der Waals surface area (Å²) in [6, 6.07) is 13.8. The Kier molecular flexibility index (Phi) is 6.47. The minimum Gasteiger partial charge on any atom is -0.493 e. The van der Waals surface area contributed by atoms with Gasteiger partial charge in [0.1, 0.15) is 6.61 Å². The molecule has 2 heterocycles. The highest BCUT2D eigenvalue weighted by molar-refractivity contribution is 6.74. The molecule has 1 amide bonds. The molecule has 7 heteroatoms. The van der Waals surface area contributed by atoms with Crippen molar-refractivity contribution in [2.45, 2.75) is 64.1 Å². The van der Waals surface area contributed by atoms with E-state index in [1.807, 2.05) is 41.3 Å². The highest BCUT2D eigenvalue weighted by atomic mass is 28.4. The molecule has 2 aromatic rings. The third-order valence-electron chi connectivity index (χ3n) is 7.20. The van der Waals surface area contributed by atoms with Crippen LogP contribution in [0.5, 0.6) is 11.5 Å². The first-order valence-electron chi connectivity index (χ1n) is 11.7. The van der Waals surface area contributed by atoms with Crippen molar-refractivity contribution in [3.05, 3.63) is 53.6 Å². The van der Waals surface area contributed by atoms with Crippen molar-refractivity contribution in [2.75, 3.05) is 25.5 Å². The number of benzene rings is 2. The molecule has 0 saturated carbocycles. The molecule has 1 N–H and O–H groups in total. The van der Waals surface area contributed by atoms with E-state index in [1.54, 1.807) is 13.2 Å². The summed E-state index contributed by atoms with van der Waals surface area (Å²) in [7, 11) is -0.290. The number of carbonyl (C=O) groups is 1. The predicted molar refractivity (Wildman–Crippen MR) is 134 cm³/mol. The smallest absolute Gasteiger partial charge is 0.256 e. The van der Waals surface area contributed by atoms with Crippen LogP contribution in [0.2, 0.25) is 18.1 Å². The lowest BCUT2D eigenvalue weighted by atomic mass is 10.1. The number of fused-ring (bicyclic) bond motifs is 2. The predicted octanol–water partition coefficient (Wildman–Crippen LogP) is 5.30. The third kappa shape index (κ3) is 4.89. The molecule has 2 aliphatic heterocycles. The molecule has 2 atom stereocenters. The van der Waals surface area contributed by atoms with E-state index in [1.165, 1.54) is 0 Å². The molecule has 1 saturated heterocycles. The van der Waals surface area contributed by atoms with Gasteiger partial charge < -0.3 is 24.1 Å². The van der Waals surface area contributed by atoms with Crippen LogP contribution in [0, 0.1) is 0 Å². The Morgan fingerprint density at radius 2 is 1.85 bits per heavy atom. The van der Waals surface area contributed by atoms with Crippen LogP contribution < -0.4 is 14.8 Å². The van der Waals surface area contributed by atoms with Crippen LogP contribution in [0.25, 0.3) is 0 Å². The van der Waals surface area contributed by atoms with Gasteiger partial charge in [0, 0.05) is 19.2 Å². The second-order valence-corrected chi connectivity index (χ2v) is 15.3. The molecule has 0 unspecified atom stereocenters. The first-order chi connectivity index (χ1) is 15.6. The first-order valence-corrected chi connectivity index (χ1v) is 14.6. The number of ether oxygens (including phenoxy) is 2. The van der Waals surface area contributed by atoms with Gasteiger partial charge in [-0.15, -0.1) is 0 Å². The van der Waals surface area contributed by atoms with Crippen molar-refractivity contribution < 1.29 is 18.7 Å². The average molecular weight is 469 g/mol. The molecule has 33 heavy (non-hydrogen) atoms. The summed E-state index contributed by atoms with van der Waals surface area (Å²) < 4.78 is 18.3. The van der Waals surface area contributed by atoms with Crippen LogP contribution in [0.1, 0.15) is 43.1 Å². The van der Waals surface area contributed by atoms with E-state index >= 15 is 0 Å². The summed E-state index contributed by atoms with van der Waals surface area (Å²) in [4.78, 5) is 15.5. The van der Waals surface area contributed by atoms with E-state index in [0.717, 1.165) is 17.7 Å². The monoisotopic (exact) mass is 468 g/mol. The van der Waals surface area contributed by atoms with Crippen molar-refractivity contribution in [1.29, 1.82) is 0 Å². The minimum atomic E-state index is -1.89. The zero-order valence-electron chi connectivity index (χ0n) is 20.6. The van der Waals surface area contributed by atoms with Crippen molar-refractivity contribution >= 4 is 19.9 Å². The Bertz CT molecular complexity index is 1000. The van der Waals surface area contributed by atoms with Gasteiger partial charge in [-0.25, -0.2) is 0 Å². The molecule has 2 aliphatic rings. The van der Waals surface area contributed by atoms with Crippen molar-refractivity contribution in [3.63, 3.8) is 0 Å². The van der Waals surface area contributed by atoms with E-state index in [2.05, 4.69) is 39.2 Å². The quantitative estimate of drug-likeness (QED) is 0.583. The Hall–Kier alpha value is -2.51. The van der Waals surface area contributed by atoms with Crippen LogP contribution in [0.15, 0.2) is 42.5 Å². The highest BCUT2D eigenvalue weighted by Crippen LogP contribution is 2.41. The van der Waals surface area contributed by atoms with Crippen molar-refractivity contribution in [2.24, 2.45) is 0 Å². The minimum absolute atomic E-state index is 0.0224. The van der Waals surface area contributed by atoms with E-state index in [-0.39, 0.29) is 23.1 Å². The largest absolute Gasteiger partial charge is 0.493 e. The van der Waals surface area contributed by atoms with Crippen LogP contribution in [0.3, 0.4) is 0 Å². The Balaban J connectivity index is 1.52. The Labute approximate surface area is 198 Å². The normalized spacial score (nSPS) is 20.5. The lowest BCUT2D eigenvalue weighted by Gasteiger charge is -2.38. The topological polar surface area (TPSA) is 60.0 Å². The summed E-state index contributed by atoms with van der Waals surface area (Å²) in [6.45, 7) is 13.1. The summed E-state index contributed by atoms with van der Waals surface area (Å²) in [6.07, 6.45) is 0.937. The Morgan fingerprint density at radius 1 is 1.12 bits per heavy atom. The van der Waals surface area contributed by atoms with Gasteiger partial charge in [-0.05, 0) is 36.2 Å². The number of nitrogens with zero attached hydrogens (tertiary/aromatic N) is 1. The molecular formula is C26H36N2O4Si. The van der Waals surface area contributed by atoms with Crippen LogP contribution in [0.4, 0.5) is 5.69 Å². The van der Waals surface area contributed by atoms with E-state index in [9.17, 15) is 4.79 Å². The Morgan fingerprint density at radius 3 is 2.52 bits per heavy atom. The van der Waals surface area contributed by atoms with Gasteiger partial charge in [0.15, 0.2) is 19.8 Å². The van der Waals surface area contributed by atoms with Crippen LogP contribution >= 0.6 is 0 Å². The maximum Gasteiger partial charge on any atom is 0.256 e. The summed E-state index contributed by atoms with van der Waals surface area (Å²) in [5.41, 5.74) is 2.49. The van der Waals surface area contributed by atoms with Gasteiger partial charge in [0.05, 0.1) is 30.5 Å². The second kappa shape index (κ2) is 9.03. The second-order valence-electron chi connectivity index (χ2n) is 10.6. The van der Waals surface area contributed by atoms with Gasteiger partial charge in [-0.2, -0.15) is 0 Å². The van der Waals surface area contributed by atoms with Crippen LogP contribution in [-0.4, -0.2) is 51.5 Å². The number of methoxy groups -OCH3 is 1. The zero-order chi connectivity index (χ0) is 23.8. The fourth-order valence-electron chi connectivity index (χ4n) is 4.27. The van der Waals surface area contributed by atoms with Gasteiger partial charge in [0.2, 0.25) is 0 Å². The highest BCUT2D eigenvalue weighted by Gasteiger charge is 2.44. The van der Waals surface area contributed by atoms with Gasteiger partial charge in [-0.1, -0.05) is 51.1 Å². The molecule has 4 rings (SSSR count). The van der Waals surface area contributed by atoms with E-state index in [4.69, 9.17) is 13.9 Å². The van der Waals surface area contributed by atoms with Gasteiger partial charge in [0.25, 0.3) is 5.91 Å². The molecule has 6 nitrogen and oxygen atoms in total. The average Bonchev–Trinajstić information content (AvgIpc) is 3.12. The summed E-state index contributed by atoms with van der Waals surface area (Å²) in [5, 5.41) is 3.63. The molecule has 178 valence electrons. The third-order valence-corrected chi connectivity index (χ3v) is 11.7. The first kappa shape index (κ1) is 23.6. The number of nitrogens with one attached hydrogen (secondary N) is 1. The number of carbonyl (C=O) groups excluding carboxylic acids is 1. The molecule has 0 bridgehead atoms. The van der Waals surface area contributed by atoms with Crippen molar-refractivity contribution in [1.82, 2.24) is 4.90 Å². The van der Waals surface area contributed by atoms with E-state index < -0.39 is 8.32 Å². The number of hydrogen-bond donors (Lipinski definition) is 1. The fourth-order valence-corrected chi connectivity index (χ4v) is 5.63. The van der Waals surface area contributed by atoms with Gasteiger partial charge in [-0.3, -0.25) is 4.79 Å². The standard InChI is InChI=1S/C26H36N2O4Si/c1-26(2,3)33(5,6)32-20-12-19-15-27-22-14-24(31-17-18-10-8-7-9-11-18)23(30-4)13-21(22)25(29)28(19)16-20/h7-11,13-14,19-20,27H,12,15-17H2,1-6H3/t19-,20+/m0/s1. The molecule has 1 fully saturated rings. The number of hydrogen-bond acceptors (Lipinski definition) is 5. The van der Waals surface area contributed by atoms with Gasteiger partial charge >= 0.3 is 0 Å². The number of anilines is 1. The zero-order valence-corrected chi connectivity index (χ0v) is 21.6. The summed E-state index contributed by atoms with van der Waals surface area (Å²) >= 11 is 0. The molecule has 0 radical (unpaired) electrons. The molecular weight excluding hydrogens is 432 g/mol. The molecule has 0 aromatic heterocycles. The number of rotatable bonds is 6. The van der Waals surface area contributed by atoms with Crippen LogP contribution in [-0.2, 0) is 11.0 Å². The lowest BCUT2D eigenvalue weighted by molar-refractivity contribution is 0.0731. The molecule has 0 aliphatic carbocycles. The fraction of sp³-hybridized carbons (Fsp3) is 0.500. The maximum atomic E-state index is 13.5. The van der Waals surface area contributed by atoms with Crippen molar-refractivity contribution in [3.8, 4) is 11.5 Å². The molecule has 2 aromatic carbocycles. The molecule has 0 spiro atoms. The van der Waals surface area contributed by atoms with E-state index in [0.29, 0.717) is 36.8 Å². The SMILES string of the molecule is COc1cc2c(cc1OCc1ccccc1)NC[C@@H]1C[C@@H](O[Si](C)(C)C(C)(C)C)CN1C2=O. The number of amides is 1. The maximum absolute atomic E-state index is 13.5. The lowest BCUT2D eigenvalue weighted by Crippen LogP contribution is -2.44. The summed E-state index contributed by atoms with van der Waals surface area (Å²) in [5.74, 6) is 1.21.